The molecule has 1 amide bonds. The lowest BCUT2D eigenvalue weighted by molar-refractivity contribution is 0.0520. The predicted molar refractivity (Wildman–Crippen MR) is 70.5 cm³/mol. The van der Waals surface area contributed by atoms with Gasteiger partial charge in [0.25, 0.3) is 0 Å². The Kier molecular flexibility index (Phi) is 4.97. The van der Waals surface area contributed by atoms with Crippen LogP contribution in [-0.2, 0) is 4.74 Å². The fourth-order valence-electron chi connectivity index (χ4n) is 1.23. The van der Waals surface area contributed by atoms with Crippen LogP contribution in [0.25, 0.3) is 0 Å². The summed E-state index contributed by atoms with van der Waals surface area (Å²) in [5, 5.41) is 2.53. The fraction of sp³-hybridized carbons (Fsp3) is 0.462. The molecule has 1 aromatic rings. The summed E-state index contributed by atoms with van der Waals surface area (Å²) in [5.41, 5.74) is 4.87. The van der Waals surface area contributed by atoms with Gasteiger partial charge in [-0.15, -0.1) is 0 Å². The number of rotatable bonds is 4. The number of hydrogen-bond donors (Lipinski definition) is 2. The van der Waals surface area contributed by atoms with E-state index in [9.17, 15) is 9.18 Å². The summed E-state index contributed by atoms with van der Waals surface area (Å²) in [5.74, 6) is -0.171. The molecular weight excluding hydrogens is 251 g/mol. The first-order valence-electron chi connectivity index (χ1n) is 5.92. The van der Waals surface area contributed by atoms with Gasteiger partial charge in [-0.1, -0.05) is 0 Å². The van der Waals surface area contributed by atoms with Gasteiger partial charge in [-0.25, -0.2) is 9.18 Å². The van der Waals surface area contributed by atoms with E-state index >= 15 is 0 Å². The summed E-state index contributed by atoms with van der Waals surface area (Å²) in [4.78, 5) is 11.3. The molecule has 0 saturated heterocycles. The van der Waals surface area contributed by atoms with Gasteiger partial charge in [0.05, 0.1) is 12.2 Å². The standard InChI is InChI=1S/C13H19FN2O3/c1-13(2,3)19-12(17)16-6-7-18-9-4-5-11(15)10(14)8-9/h4-5,8H,6-7,15H2,1-3H3,(H,16,17). The Bertz CT molecular complexity index is 444. The molecule has 1 rings (SSSR count). The highest BCUT2D eigenvalue weighted by Gasteiger charge is 2.15. The van der Waals surface area contributed by atoms with Crippen molar-refractivity contribution < 1.29 is 18.7 Å². The average molecular weight is 270 g/mol. The third kappa shape index (κ3) is 5.94. The monoisotopic (exact) mass is 270 g/mol. The summed E-state index contributed by atoms with van der Waals surface area (Å²) in [6, 6.07) is 4.18. The number of benzene rings is 1. The van der Waals surface area contributed by atoms with E-state index in [4.69, 9.17) is 15.2 Å². The second-order valence-electron chi connectivity index (χ2n) is 4.96. The quantitative estimate of drug-likeness (QED) is 0.650. The molecule has 3 N–H and O–H groups in total. The molecule has 0 atom stereocenters. The van der Waals surface area contributed by atoms with Gasteiger partial charge in [0, 0.05) is 6.07 Å². The van der Waals surface area contributed by atoms with Gasteiger partial charge in [-0.2, -0.15) is 0 Å². The number of ether oxygens (including phenoxy) is 2. The van der Waals surface area contributed by atoms with Crippen LogP contribution in [0, 0.1) is 5.82 Å². The number of nitrogens with two attached hydrogens (primary N) is 1. The number of alkyl carbamates (subject to hydrolysis) is 1. The second-order valence-corrected chi connectivity index (χ2v) is 4.96. The molecule has 0 fully saturated rings. The highest BCUT2D eigenvalue weighted by atomic mass is 19.1. The summed E-state index contributed by atoms with van der Waals surface area (Å²) >= 11 is 0. The summed E-state index contributed by atoms with van der Waals surface area (Å²) in [6.07, 6.45) is -0.514. The van der Waals surface area contributed by atoms with Crippen LogP contribution in [0.3, 0.4) is 0 Å². The lowest BCUT2D eigenvalue weighted by Gasteiger charge is -2.19. The topological polar surface area (TPSA) is 73.6 Å². The van der Waals surface area contributed by atoms with Gasteiger partial charge in [0.15, 0.2) is 0 Å². The molecule has 0 unspecified atom stereocenters. The number of amides is 1. The molecule has 0 spiro atoms. The number of carbonyl (C=O) groups is 1. The number of nitrogen functional groups attached to an aromatic ring is 1. The van der Waals surface area contributed by atoms with Crippen LogP contribution >= 0.6 is 0 Å². The van der Waals surface area contributed by atoms with Gasteiger partial charge < -0.3 is 20.5 Å². The maximum absolute atomic E-state index is 13.1. The van der Waals surface area contributed by atoms with Crippen molar-refractivity contribution in [3.8, 4) is 5.75 Å². The molecule has 0 aromatic heterocycles. The predicted octanol–water partition coefficient (Wildman–Crippen LogP) is 2.31. The number of anilines is 1. The molecule has 0 aliphatic carbocycles. The summed E-state index contributed by atoms with van der Waals surface area (Å²) in [7, 11) is 0. The maximum Gasteiger partial charge on any atom is 0.407 e. The van der Waals surface area contributed by atoms with E-state index in [1.54, 1.807) is 26.8 Å². The number of hydrogen-bond acceptors (Lipinski definition) is 4. The molecule has 0 aliphatic heterocycles. The zero-order valence-electron chi connectivity index (χ0n) is 11.3. The van der Waals surface area contributed by atoms with Crippen LogP contribution in [0.15, 0.2) is 18.2 Å². The summed E-state index contributed by atoms with van der Waals surface area (Å²) < 4.78 is 23.4. The van der Waals surface area contributed by atoms with Crippen molar-refractivity contribution in [3.05, 3.63) is 24.0 Å². The number of nitrogens with one attached hydrogen (secondary N) is 1. The molecule has 5 nitrogen and oxygen atoms in total. The lowest BCUT2D eigenvalue weighted by Crippen LogP contribution is -2.34. The van der Waals surface area contributed by atoms with Crippen molar-refractivity contribution in [1.29, 1.82) is 0 Å². The van der Waals surface area contributed by atoms with Gasteiger partial charge >= 0.3 is 6.09 Å². The highest BCUT2D eigenvalue weighted by molar-refractivity contribution is 5.67. The third-order valence-corrected chi connectivity index (χ3v) is 2.01. The van der Waals surface area contributed by atoms with E-state index in [1.165, 1.54) is 12.1 Å². The van der Waals surface area contributed by atoms with Crippen LogP contribution in [0.5, 0.6) is 5.75 Å². The first kappa shape index (κ1) is 15.1. The van der Waals surface area contributed by atoms with Crippen LogP contribution in [-0.4, -0.2) is 24.8 Å². The van der Waals surface area contributed by atoms with E-state index in [1.807, 2.05) is 0 Å². The first-order chi connectivity index (χ1) is 8.78. The number of carbonyl (C=O) groups excluding carboxylic acids is 1. The van der Waals surface area contributed by atoms with Crippen molar-refractivity contribution in [2.45, 2.75) is 26.4 Å². The number of halogens is 1. The Morgan fingerprint density at radius 3 is 2.68 bits per heavy atom. The van der Waals surface area contributed by atoms with Gasteiger partial charge in [0.1, 0.15) is 23.8 Å². The Labute approximate surface area is 111 Å². The van der Waals surface area contributed by atoms with E-state index in [-0.39, 0.29) is 18.8 Å². The minimum atomic E-state index is -0.537. The van der Waals surface area contributed by atoms with Crippen LogP contribution in [0.1, 0.15) is 20.8 Å². The zero-order valence-corrected chi connectivity index (χ0v) is 11.3. The normalized spacial score (nSPS) is 10.9. The molecular formula is C13H19FN2O3. The van der Waals surface area contributed by atoms with Crippen LogP contribution in [0.4, 0.5) is 14.9 Å². The molecule has 0 radical (unpaired) electrons. The summed E-state index contributed by atoms with van der Waals surface area (Å²) in [6.45, 7) is 5.81. The van der Waals surface area contributed by atoms with Gasteiger partial charge in [0.2, 0.25) is 0 Å². The molecule has 19 heavy (non-hydrogen) atoms. The third-order valence-electron chi connectivity index (χ3n) is 2.01. The van der Waals surface area contributed by atoms with Crippen LogP contribution in [0.2, 0.25) is 0 Å². The van der Waals surface area contributed by atoms with E-state index < -0.39 is 17.5 Å². The Morgan fingerprint density at radius 1 is 1.42 bits per heavy atom. The molecule has 6 heteroatoms. The van der Waals surface area contributed by atoms with Gasteiger partial charge in [-0.3, -0.25) is 0 Å². The zero-order chi connectivity index (χ0) is 14.5. The molecule has 106 valence electrons. The largest absolute Gasteiger partial charge is 0.492 e. The fourth-order valence-corrected chi connectivity index (χ4v) is 1.23. The first-order valence-corrected chi connectivity index (χ1v) is 5.92. The molecule has 0 heterocycles. The lowest BCUT2D eigenvalue weighted by atomic mass is 10.2. The minimum absolute atomic E-state index is 0.0687. The molecule has 1 aromatic carbocycles. The second kappa shape index (κ2) is 6.26. The van der Waals surface area contributed by atoms with Crippen molar-refractivity contribution >= 4 is 11.8 Å². The van der Waals surface area contributed by atoms with Crippen molar-refractivity contribution in [3.63, 3.8) is 0 Å². The SMILES string of the molecule is CC(C)(C)OC(=O)NCCOc1ccc(N)c(F)c1. The van der Waals surface area contributed by atoms with Crippen molar-refractivity contribution in [2.24, 2.45) is 0 Å². The maximum atomic E-state index is 13.1. The van der Waals surface area contributed by atoms with Crippen LogP contribution < -0.4 is 15.8 Å². The van der Waals surface area contributed by atoms with E-state index in [0.717, 1.165) is 0 Å². The Hall–Kier alpha value is -1.98. The van der Waals surface area contributed by atoms with E-state index in [0.29, 0.717) is 5.75 Å². The van der Waals surface area contributed by atoms with Gasteiger partial charge in [-0.05, 0) is 32.9 Å². The molecule has 0 aliphatic rings. The molecule has 0 saturated carbocycles. The minimum Gasteiger partial charge on any atom is -0.492 e. The Balaban J connectivity index is 2.27. The van der Waals surface area contributed by atoms with Crippen molar-refractivity contribution in [2.75, 3.05) is 18.9 Å². The van der Waals surface area contributed by atoms with Crippen molar-refractivity contribution in [1.82, 2.24) is 5.32 Å². The Morgan fingerprint density at radius 2 is 2.11 bits per heavy atom. The average Bonchev–Trinajstić information content (AvgIpc) is 2.27. The smallest absolute Gasteiger partial charge is 0.407 e. The molecule has 0 bridgehead atoms. The highest BCUT2D eigenvalue weighted by Crippen LogP contribution is 2.17. The van der Waals surface area contributed by atoms with E-state index in [2.05, 4.69) is 5.32 Å².